The molecule has 1 N–H and O–H groups in total. The van der Waals surface area contributed by atoms with Crippen molar-refractivity contribution in [2.45, 2.75) is 39.0 Å². The third kappa shape index (κ3) is 5.86. The van der Waals surface area contributed by atoms with E-state index in [0.29, 0.717) is 43.2 Å². The number of H-pyrrole nitrogens is 1. The summed E-state index contributed by atoms with van der Waals surface area (Å²) >= 11 is 0. The van der Waals surface area contributed by atoms with Crippen LogP contribution in [0.4, 0.5) is 4.39 Å². The van der Waals surface area contributed by atoms with Gasteiger partial charge < -0.3 is 14.5 Å². The van der Waals surface area contributed by atoms with Crippen LogP contribution in [0.3, 0.4) is 0 Å². The third-order valence-electron chi connectivity index (χ3n) is 7.00. The highest BCUT2D eigenvalue weighted by Crippen LogP contribution is 2.30. The standard InChI is InChI=1S/C30H31FN6O3/c1-4-27(29-33-34-35-37(29)17-20-9-11-24(31)12-10-20)36(18-21-7-5-6-8-28(21)40-3)19-23-15-22-16-25(39-2)13-14-26(22)32-30(23)38/h5-16,27H,4,17-19H2,1-3H3,(H,32,38)/t27-/m0/s1. The molecule has 0 spiro atoms. The lowest BCUT2D eigenvalue weighted by Gasteiger charge is -2.30. The monoisotopic (exact) mass is 542 g/mol. The highest BCUT2D eigenvalue weighted by Gasteiger charge is 2.27. The molecule has 0 amide bonds. The van der Waals surface area contributed by atoms with Gasteiger partial charge in [0.15, 0.2) is 5.82 Å². The number of nitrogens with one attached hydrogen (secondary N) is 1. The fourth-order valence-corrected chi connectivity index (χ4v) is 4.95. The Hall–Kier alpha value is -4.57. The van der Waals surface area contributed by atoms with E-state index in [1.807, 2.05) is 48.5 Å². The lowest BCUT2D eigenvalue weighted by Crippen LogP contribution is -2.32. The number of nitrogens with zero attached hydrogens (tertiary/aromatic N) is 5. The van der Waals surface area contributed by atoms with Crippen molar-refractivity contribution in [3.63, 3.8) is 0 Å². The van der Waals surface area contributed by atoms with Crippen LogP contribution in [-0.2, 0) is 19.6 Å². The smallest absolute Gasteiger partial charge is 0.252 e. The summed E-state index contributed by atoms with van der Waals surface area (Å²) in [5, 5.41) is 13.5. The van der Waals surface area contributed by atoms with Gasteiger partial charge in [-0.15, -0.1) is 5.10 Å². The van der Waals surface area contributed by atoms with E-state index < -0.39 is 0 Å². The minimum atomic E-state index is -0.298. The number of rotatable bonds is 11. The second-order valence-corrected chi connectivity index (χ2v) is 9.54. The summed E-state index contributed by atoms with van der Waals surface area (Å²) in [6, 6.07) is 21.3. The van der Waals surface area contributed by atoms with Crippen molar-refractivity contribution in [1.29, 1.82) is 0 Å². The maximum absolute atomic E-state index is 13.5. The van der Waals surface area contributed by atoms with Gasteiger partial charge in [0.05, 0.1) is 26.8 Å². The molecule has 9 nitrogen and oxygen atoms in total. The molecule has 40 heavy (non-hydrogen) atoms. The summed E-state index contributed by atoms with van der Waals surface area (Å²) in [7, 11) is 3.26. The zero-order valence-corrected chi connectivity index (χ0v) is 22.7. The molecule has 0 aliphatic carbocycles. The number of methoxy groups -OCH3 is 2. The summed E-state index contributed by atoms with van der Waals surface area (Å²) in [6.45, 7) is 3.27. The summed E-state index contributed by atoms with van der Waals surface area (Å²) in [4.78, 5) is 18.4. The zero-order chi connectivity index (χ0) is 28.1. The van der Waals surface area contributed by atoms with Crippen LogP contribution < -0.4 is 15.0 Å². The molecule has 10 heteroatoms. The average molecular weight is 543 g/mol. The highest BCUT2D eigenvalue weighted by molar-refractivity contribution is 5.80. The van der Waals surface area contributed by atoms with E-state index in [9.17, 15) is 9.18 Å². The Morgan fingerprint density at radius 1 is 0.975 bits per heavy atom. The summed E-state index contributed by atoms with van der Waals surface area (Å²) in [6.07, 6.45) is 0.679. The van der Waals surface area contributed by atoms with Crippen LogP contribution >= 0.6 is 0 Å². The molecule has 1 atom stereocenters. The van der Waals surface area contributed by atoms with Crippen molar-refractivity contribution >= 4 is 10.9 Å². The maximum Gasteiger partial charge on any atom is 0.252 e. The number of fused-ring (bicyclic) bond motifs is 1. The molecule has 0 saturated heterocycles. The first-order valence-corrected chi connectivity index (χ1v) is 13.1. The molecule has 0 aliphatic heterocycles. The molecular formula is C30H31FN6O3. The topological polar surface area (TPSA) is 98.2 Å². The number of halogens is 1. The fourth-order valence-electron chi connectivity index (χ4n) is 4.95. The summed E-state index contributed by atoms with van der Waals surface area (Å²) in [5.74, 6) is 1.82. The van der Waals surface area contributed by atoms with Gasteiger partial charge in [0.25, 0.3) is 5.56 Å². The van der Waals surface area contributed by atoms with Crippen molar-refractivity contribution in [3.8, 4) is 11.5 Å². The lowest BCUT2D eigenvalue weighted by molar-refractivity contribution is 0.159. The van der Waals surface area contributed by atoms with E-state index >= 15 is 0 Å². The van der Waals surface area contributed by atoms with E-state index in [4.69, 9.17) is 9.47 Å². The van der Waals surface area contributed by atoms with Gasteiger partial charge in [0.2, 0.25) is 0 Å². The van der Waals surface area contributed by atoms with Crippen LogP contribution in [0.5, 0.6) is 11.5 Å². The largest absolute Gasteiger partial charge is 0.497 e. The van der Waals surface area contributed by atoms with Crippen molar-refractivity contribution in [2.24, 2.45) is 0 Å². The van der Waals surface area contributed by atoms with Gasteiger partial charge in [-0.3, -0.25) is 9.69 Å². The van der Waals surface area contributed by atoms with Crippen molar-refractivity contribution in [3.05, 3.63) is 111 Å². The molecule has 0 radical (unpaired) electrons. The van der Waals surface area contributed by atoms with E-state index in [1.54, 1.807) is 31.0 Å². The van der Waals surface area contributed by atoms with Crippen LogP contribution in [0.25, 0.3) is 10.9 Å². The van der Waals surface area contributed by atoms with E-state index in [-0.39, 0.29) is 17.4 Å². The Morgan fingerprint density at radius 3 is 2.50 bits per heavy atom. The SMILES string of the molecule is CC[C@@H](c1nnnn1Cc1ccc(F)cc1)N(Cc1ccccc1OC)Cc1cc2cc(OC)ccc2[nH]c1=O. The Balaban J connectivity index is 1.54. The number of hydrogen-bond donors (Lipinski definition) is 1. The Labute approximate surface area is 231 Å². The minimum Gasteiger partial charge on any atom is -0.497 e. The van der Waals surface area contributed by atoms with Crippen LogP contribution in [0, 0.1) is 5.82 Å². The summed E-state index contributed by atoms with van der Waals surface area (Å²) in [5.41, 5.74) is 3.03. The molecule has 0 fully saturated rings. The van der Waals surface area contributed by atoms with Gasteiger partial charge in [-0.25, -0.2) is 9.07 Å². The summed E-state index contributed by atoms with van der Waals surface area (Å²) < 4.78 is 26.2. The molecule has 0 aliphatic rings. The molecule has 3 aromatic carbocycles. The fraction of sp³-hybridized carbons (Fsp3) is 0.267. The molecular weight excluding hydrogens is 511 g/mol. The minimum absolute atomic E-state index is 0.163. The number of aromatic amines is 1. The average Bonchev–Trinajstić information content (AvgIpc) is 3.42. The molecule has 0 unspecified atom stereocenters. The Kier molecular flexibility index (Phi) is 8.16. The molecule has 206 valence electrons. The maximum atomic E-state index is 13.5. The van der Waals surface area contributed by atoms with E-state index in [0.717, 1.165) is 27.8 Å². The zero-order valence-electron chi connectivity index (χ0n) is 22.7. The van der Waals surface area contributed by atoms with Crippen LogP contribution in [0.15, 0.2) is 77.6 Å². The van der Waals surface area contributed by atoms with Gasteiger partial charge in [-0.05, 0) is 64.9 Å². The van der Waals surface area contributed by atoms with E-state index in [2.05, 4.69) is 32.3 Å². The third-order valence-corrected chi connectivity index (χ3v) is 7.00. The van der Waals surface area contributed by atoms with Gasteiger partial charge in [-0.1, -0.05) is 37.3 Å². The number of ether oxygens (including phenoxy) is 2. The predicted molar refractivity (Wildman–Crippen MR) is 150 cm³/mol. The predicted octanol–water partition coefficient (Wildman–Crippen LogP) is 4.87. The quantitative estimate of drug-likeness (QED) is 0.254. The second-order valence-electron chi connectivity index (χ2n) is 9.54. The number of pyridine rings is 1. The van der Waals surface area contributed by atoms with Crippen molar-refractivity contribution in [1.82, 2.24) is 30.1 Å². The highest BCUT2D eigenvalue weighted by atomic mass is 19.1. The number of aromatic nitrogens is 5. The first-order valence-electron chi connectivity index (χ1n) is 13.1. The van der Waals surface area contributed by atoms with Gasteiger partial charge in [-0.2, -0.15) is 0 Å². The number of benzene rings is 3. The molecule has 5 rings (SSSR count). The van der Waals surface area contributed by atoms with Crippen molar-refractivity contribution < 1.29 is 13.9 Å². The van der Waals surface area contributed by atoms with Gasteiger partial charge >= 0.3 is 0 Å². The van der Waals surface area contributed by atoms with Crippen LogP contribution in [-0.4, -0.2) is 44.3 Å². The molecule has 2 aromatic heterocycles. The van der Waals surface area contributed by atoms with Crippen LogP contribution in [0.2, 0.25) is 0 Å². The normalized spacial score (nSPS) is 12.1. The molecule has 0 saturated carbocycles. The first-order chi connectivity index (χ1) is 19.5. The number of para-hydroxylation sites is 1. The van der Waals surface area contributed by atoms with E-state index in [1.165, 1.54) is 12.1 Å². The lowest BCUT2D eigenvalue weighted by atomic mass is 10.1. The molecule has 5 aromatic rings. The molecule has 0 bridgehead atoms. The van der Waals surface area contributed by atoms with Gasteiger partial charge in [0, 0.05) is 35.1 Å². The first kappa shape index (κ1) is 27.0. The van der Waals surface area contributed by atoms with Crippen molar-refractivity contribution in [2.75, 3.05) is 14.2 Å². The number of hydrogen-bond acceptors (Lipinski definition) is 7. The molecule has 2 heterocycles. The van der Waals surface area contributed by atoms with Gasteiger partial charge in [0.1, 0.15) is 17.3 Å². The Morgan fingerprint density at radius 2 is 1.75 bits per heavy atom. The second kappa shape index (κ2) is 12.1. The Bertz CT molecular complexity index is 1650. The van der Waals surface area contributed by atoms with Crippen LogP contribution in [0.1, 0.15) is 41.9 Å². The number of tetrazole rings is 1.